The first kappa shape index (κ1) is 33.7. The average molecular weight is 473 g/mol. The van der Waals surface area contributed by atoms with Crippen LogP contribution in [-0.4, -0.2) is 29.4 Å². The second-order valence-corrected chi connectivity index (χ2v) is 10.5. The van der Waals surface area contributed by atoms with Crippen LogP contribution >= 0.6 is 0 Å². The maximum Gasteiger partial charge on any atom is 1.00 e. The first-order valence-corrected chi connectivity index (χ1v) is 14.0. The summed E-state index contributed by atoms with van der Waals surface area (Å²) in [6, 6.07) is 0. The summed E-state index contributed by atoms with van der Waals surface area (Å²) in [5.74, 6) is 0. The molecular formula is C24H49KO4S. The van der Waals surface area contributed by atoms with Gasteiger partial charge >= 0.3 is 51.4 Å². The van der Waals surface area contributed by atoms with Gasteiger partial charge in [0.1, 0.15) is 0 Å². The molecule has 0 saturated heterocycles. The van der Waals surface area contributed by atoms with Crippen LogP contribution in [0, 0.1) is 0 Å². The summed E-state index contributed by atoms with van der Waals surface area (Å²) >= 11 is 0. The predicted octanol–water partition coefficient (Wildman–Crippen LogP) is 4.11. The Labute approximate surface area is 230 Å². The van der Waals surface area contributed by atoms with Crippen LogP contribution in [0.3, 0.4) is 0 Å². The second-order valence-electron chi connectivity index (χ2n) is 8.85. The number of unbranched alkanes of at least 4 members (excludes halogenated alkanes) is 14. The van der Waals surface area contributed by atoms with Crippen molar-refractivity contribution in [2.75, 3.05) is 0 Å². The van der Waals surface area contributed by atoms with Gasteiger partial charge in [-0.25, -0.2) is 8.42 Å². The maximum absolute atomic E-state index is 11.0. The van der Waals surface area contributed by atoms with Crippen molar-refractivity contribution in [1.29, 1.82) is 0 Å². The molecule has 0 saturated carbocycles. The van der Waals surface area contributed by atoms with Crippen molar-refractivity contribution in [1.82, 2.24) is 0 Å². The van der Waals surface area contributed by atoms with E-state index in [9.17, 15) is 18.1 Å². The standard InChI is InChI=1S/C24H50O4S.K/c1-3-5-17-20-23(25)21-18-15-13-11-9-7-6-8-10-12-14-16-19-22-24(4-2)29(26,27)28;/h23-25H,3-22H2,1-2H3,(H,26,27,28);/q;+1/p-1. The molecule has 0 aromatic carbocycles. The van der Waals surface area contributed by atoms with Crippen molar-refractivity contribution in [3.63, 3.8) is 0 Å². The summed E-state index contributed by atoms with van der Waals surface area (Å²) in [6.07, 6.45) is 22.4. The van der Waals surface area contributed by atoms with Crippen LogP contribution in [0.4, 0.5) is 0 Å². The predicted molar refractivity (Wildman–Crippen MR) is 123 cm³/mol. The molecule has 176 valence electrons. The number of hydrogen-bond donors (Lipinski definition) is 1. The van der Waals surface area contributed by atoms with Crippen LogP contribution < -0.4 is 51.4 Å². The van der Waals surface area contributed by atoms with E-state index in [1.54, 1.807) is 6.92 Å². The molecule has 0 aliphatic rings. The van der Waals surface area contributed by atoms with Crippen molar-refractivity contribution < 1.29 is 69.5 Å². The largest absolute Gasteiger partial charge is 1.00 e. The van der Waals surface area contributed by atoms with E-state index in [1.165, 1.54) is 83.5 Å². The Morgan fingerprint density at radius 3 is 1.30 bits per heavy atom. The van der Waals surface area contributed by atoms with E-state index >= 15 is 0 Å². The molecule has 2 unspecified atom stereocenters. The quantitative estimate of drug-likeness (QED) is 0.146. The molecule has 0 heterocycles. The maximum atomic E-state index is 11.0. The second kappa shape index (κ2) is 23.7. The van der Waals surface area contributed by atoms with E-state index in [0.29, 0.717) is 12.8 Å². The van der Waals surface area contributed by atoms with Gasteiger partial charge in [-0.05, 0) is 25.7 Å². The van der Waals surface area contributed by atoms with Crippen LogP contribution in [0.2, 0.25) is 0 Å². The zero-order valence-corrected chi connectivity index (χ0v) is 24.3. The fourth-order valence-corrected chi connectivity index (χ4v) is 4.89. The third-order valence-corrected chi connectivity index (χ3v) is 7.45. The van der Waals surface area contributed by atoms with Gasteiger partial charge in [-0.1, -0.05) is 117 Å². The van der Waals surface area contributed by atoms with Gasteiger partial charge in [0.15, 0.2) is 0 Å². The first-order valence-electron chi connectivity index (χ1n) is 12.5. The molecule has 30 heavy (non-hydrogen) atoms. The van der Waals surface area contributed by atoms with E-state index in [4.69, 9.17) is 0 Å². The van der Waals surface area contributed by atoms with Crippen LogP contribution in [0.1, 0.15) is 142 Å². The third-order valence-electron chi connectivity index (χ3n) is 6.07. The molecule has 0 radical (unpaired) electrons. The van der Waals surface area contributed by atoms with Crippen LogP contribution in [0.5, 0.6) is 0 Å². The molecule has 0 rings (SSSR count). The van der Waals surface area contributed by atoms with Gasteiger partial charge in [-0.3, -0.25) is 0 Å². The molecule has 4 nitrogen and oxygen atoms in total. The summed E-state index contributed by atoms with van der Waals surface area (Å²) in [6.45, 7) is 3.98. The van der Waals surface area contributed by atoms with Crippen LogP contribution in [0.25, 0.3) is 0 Å². The Morgan fingerprint density at radius 2 is 0.967 bits per heavy atom. The van der Waals surface area contributed by atoms with E-state index < -0.39 is 15.4 Å². The van der Waals surface area contributed by atoms with Gasteiger partial charge in [-0.2, -0.15) is 0 Å². The van der Waals surface area contributed by atoms with Gasteiger partial charge in [-0.15, -0.1) is 0 Å². The Morgan fingerprint density at radius 1 is 0.633 bits per heavy atom. The van der Waals surface area contributed by atoms with Gasteiger partial charge in [0.2, 0.25) is 0 Å². The first-order chi connectivity index (χ1) is 13.9. The van der Waals surface area contributed by atoms with E-state index in [1.807, 2.05) is 0 Å². The number of hydrogen-bond acceptors (Lipinski definition) is 4. The van der Waals surface area contributed by atoms with Gasteiger partial charge < -0.3 is 9.66 Å². The minimum absolute atomic E-state index is 0. The number of aliphatic hydroxyl groups excluding tert-OH is 1. The smallest absolute Gasteiger partial charge is 0.748 e. The summed E-state index contributed by atoms with van der Waals surface area (Å²) in [4.78, 5) is 0. The van der Waals surface area contributed by atoms with Crippen molar-refractivity contribution in [2.24, 2.45) is 0 Å². The monoisotopic (exact) mass is 472 g/mol. The SMILES string of the molecule is CCCCCC(O)CCCCCCCCCCCCCCCC(CC)S(=O)(=O)[O-].[K+]. The number of aliphatic hydroxyl groups is 1. The molecule has 6 heteroatoms. The zero-order valence-electron chi connectivity index (χ0n) is 20.4. The van der Waals surface area contributed by atoms with E-state index in [2.05, 4.69) is 6.92 Å². The zero-order chi connectivity index (χ0) is 21.8. The van der Waals surface area contributed by atoms with E-state index in [0.717, 1.165) is 32.1 Å². The summed E-state index contributed by atoms with van der Waals surface area (Å²) in [7, 11) is -4.10. The van der Waals surface area contributed by atoms with Crippen molar-refractivity contribution in [3.8, 4) is 0 Å². The molecule has 0 aromatic rings. The van der Waals surface area contributed by atoms with Gasteiger partial charge in [0, 0.05) is 5.25 Å². The fraction of sp³-hybridized carbons (Fsp3) is 1.00. The Balaban J connectivity index is 0. The molecule has 2 atom stereocenters. The molecule has 0 aliphatic heterocycles. The van der Waals surface area contributed by atoms with Crippen molar-refractivity contribution in [2.45, 2.75) is 154 Å². The molecule has 1 N–H and O–H groups in total. The molecule has 0 amide bonds. The number of rotatable bonds is 22. The molecule has 0 aromatic heterocycles. The molecule has 0 spiro atoms. The molecule has 0 aliphatic carbocycles. The molecule has 0 fully saturated rings. The van der Waals surface area contributed by atoms with Crippen molar-refractivity contribution in [3.05, 3.63) is 0 Å². The summed E-state index contributed by atoms with van der Waals surface area (Å²) in [5, 5.41) is 9.22. The molecule has 0 bridgehead atoms. The normalized spacial score (nSPS) is 13.7. The summed E-state index contributed by atoms with van der Waals surface area (Å²) in [5.41, 5.74) is 0. The Hall–Kier alpha value is 1.51. The Kier molecular flexibility index (Phi) is 26.6. The molecular weight excluding hydrogens is 423 g/mol. The minimum Gasteiger partial charge on any atom is -0.748 e. The summed E-state index contributed by atoms with van der Waals surface area (Å²) < 4.78 is 33.1. The van der Waals surface area contributed by atoms with Gasteiger partial charge in [0.05, 0.1) is 16.2 Å². The Bertz CT molecular complexity index is 442. The van der Waals surface area contributed by atoms with Gasteiger partial charge in [0.25, 0.3) is 0 Å². The van der Waals surface area contributed by atoms with Crippen LogP contribution in [0.15, 0.2) is 0 Å². The fourth-order valence-electron chi connectivity index (χ4n) is 4.02. The topological polar surface area (TPSA) is 77.4 Å². The van der Waals surface area contributed by atoms with Crippen molar-refractivity contribution >= 4 is 10.1 Å². The average Bonchev–Trinajstić information content (AvgIpc) is 2.67. The third kappa shape index (κ3) is 22.7. The van der Waals surface area contributed by atoms with E-state index in [-0.39, 0.29) is 57.5 Å². The minimum atomic E-state index is -4.10. The van der Waals surface area contributed by atoms with Crippen LogP contribution in [-0.2, 0) is 10.1 Å².